The van der Waals surface area contributed by atoms with Crippen LogP contribution in [0, 0.1) is 11.8 Å². The molecule has 66 heavy (non-hydrogen) atoms. The molecule has 2 aromatic carbocycles. The minimum absolute atomic E-state index is 0.0235. The Labute approximate surface area is 385 Å². The van der Waals surface area contributed by atoms with Gasteiger partial charge in [0, 0.05) is 74.4 Å². The van der Waals surface area contributed by atoms with Gasteiger partial charge in [-0.1, -0.05) is 11.6 Å². The standard InChI is InChI=1S/C51H66N2O13/c1-3-63-50(60)49-39(28-56)43(32-23-33(27-55)45(59)37(24-32)30-10-11-41-31(22-30)12-16-52-41)44-47(64-36-9-6-8-35(58)25-36)38-26-42(65-46(38)40(29-57)48(44)66-49)51(61,15-4-5-20-54)34-13-18-53(19-14-34)17-7-21-62-2/h10-12,16,22,28,33-37,42,52,54-55,57-58,61H,3-9,13-15,17-21,23-27,29H2,1-2H3. The number of hydrogen-bond acceptors (Lipinski definition) is 14. The SMILES string of the molecule is CCOC(=O)C1=C(C=O)C(=C2CC(CO)C(=O)C(c3ccc4[nH]ccc4c3)C2)c2c(c(CO)c3c(c2OC2CCCC(O)C2)CC(C(O)(CCCCO)C2CCN(CCCOC)CC2)O3)O1. The van der Waals surface area contributed by atoms with Crippen molar-refractivity contribution in [1.29, 1.82) is 0 Å². The molecule has 0 spiro atoms. The van der Waals surface area contributed by atoms with Crippen LogP contribution >= 0.6 is 0 Å². The Kier molecular flexibility index (Phi) is 15.3. The van der Waals surface area contributed by atoms with Crippen LogP contribution in [0.1, 0.15) is 112 Å². The summed E-state index contributed by atoms with van der Waals surface area (Å²) in [5.74, 6) is -2.63. The monoisotopic (exact) mass is 914 g/mol. The van der Waals surface area contributed by atoms with Gasteiger partial charge in [-0.05, 0) is 126 Å². The van der Waals surface area contributed by atoms with E-state index in [-0.39, 0.29) is 72.6 Å². The Hall–Kier alpha value is -4.61. The van der Waals surface area contributed by atoms with Crippen molar-refractivity contribution in [3.63, 3.8) is 0 Å². The number of aldehydes is 1. The summed E-state index contributed by atoms with van der Waals surface area (Å²) in [6.07, 6.45) is 6.76. The summed E-state index contributed by atoms with van der Waals surface area (Å²) in [5, 5.41) is 57.0. The number of aliphatic hydroxyl groups excluding tert-OH is 4. The first kappa shape index (κ1) is 47.9. The highest BCUT2D eigenvalue weighted by molar-refractivity contribution is 6.11. The van der Waals surface area contributed by atoms with E-state index in [0.29, 0.717) is 93.0 Å². The molecule has 4 heterocycles. The molecule has 3 aromatic rings. The highest BCUT2D eigenvalue weighted by Crippen LogP contribution is 2.58. The number of allylic oxidation sites excluding steroid dienone is 3. The fraction of sp³-hybridized carbons (Fsp3) is 0.588. The highest BCUT2D eigenvalue weighted by Gasteiger charge is 2.51. The molecule has 358 valence electrons. The zero-order valence-electron chi connectivity index (χ0n) is 38.2. The Morgan fingerprint density at radius 1 is 1.03 bits per heavy atom. The van der Waals surface area contributed by atoms with E-state index in [0.717, 1.165) is 42.5 Å². The molecule has 6 N–H and O–H groups in total. The molecule has 2 aliphatic carbocycles. The van der Waals surface area contributed by atoms with E-state index in [1.165, 1.54) is 0 Å². The van der Waals surface area contributed by atoms with Gasteiger partial charge in [0.15, 0.2) is 6.29 Å². The van der Waals surface area contributed by atoms with Crippen LogP contribution in [0.4, 0.5) is 0 Å². The predicted octanol–water partition coefficient (Wildman–Crippen LogP) is 5.21. The maximum Gasteiger partial charge on any atom is 0.375 e. The van der Waals surface area contributed by atoms with Gasteiger partial charge in [0.25, 0.3) is 0 Å². The molecule has 8 rings (SSSR count). The third-order valence-electron chi connectivity index (χ3n) is 14.7. The molecule has 0 radical (unpaired) electrons. The average molecular weight is 915 g/mol. The Morgan fingerprint density at radius 3 is 2.56 bits per heavy atom. The normalized spacial score (nSPS) is 25.8. The van der Waals surface area contributed by atoms with Gasteiger partial charge in [-0.25, -0.2) is 4.79 Å². The zero-order valence-corrected chi connectivity index (χ0v) is 38.2. The van der Waals surface area contributed by atoms with E-state index >= 15 is 0 Å². The van der Waals surface area contributed by atoms with E-state index in [9.17, 15) is 39.9 Å². The molecule has 1 saturated heterocycles. The van der Waals surface area contributed by atoms with E-state index < -0.39 is 60.7 Å². The Balaban J connectivity index is 1.30. The van der Waals surface area contributed by atoms with E-state index in [2.05, 4.69) is 9.88 Å². The smallest absolute Gasteiger partial charge is 0.375 e. The fourth-order valence-electron chi connectivity index (χ4n) is 11.3. The number of ketones is 1. The third-order valence-corrected chi connectivity index (χ3v) is 14.7. The minimum atomic E-state index is -1.37. The molecule has 15 heteroatoms. The zero-order chi connectivity index (χ0) is 46.5. The van der Waals surface area contributed by atoms with Crippen LogP contribution in [0.3, 0.4) is 0 Å². The number of methoxy groups -OCH3 is 1. The maximum absolute atomic E-state index is 14.2. The third kappa shape index (κ3) is 9.45. The van der Waals surface area contributed by atoms with E-state index in [1.54, 1.807) is 14.0 Å². The number of hydrogen-bond donors (Lipinski definition) is 6. The summed E-state index contributed by atoms with van der Waals surface area (Å²) in [6, 6.07) is 7.65. The molecular weight excluding hydrogens is 849 g/mol. The number of esters is 1. The summed E-state index contributed by atoms with van der Waals surface area (Å²) in [4.78, 5) is 47.4. The number of carbonyl (C=O) groups excluding carboxylic acids is 3. The summed E-state index contributed by atoms with van der Waals surface area (Å²) in [6.45, 7) is 3.62. The van der Waals surface area contributed by atoms with Crippen LogP contribution in [-0.4, -0.2) is 131 Å². The second-order valence-electron chi connectivity index (χ2n) is 18.7. The number of nitrogens with one attached hydrogen (secondary N) is 1. The molecule has 0 bridgehead atoms. The first-order chi connectivity index (χ1) is 32.1. The lowest BCUT2D eigenvalue weighted by atomic mass is 9.71. The van der Waals surface area contributed by atoms with Crippen molar-refractivity contribution < 1.29 is 63.6 Å². The second-order valence-corrected chi connectivity index (χ2v) is 18.7. The van der Waals surface area contributed by atoms with Crippen molar-refractivity contribution in [3.05, 3.63) is 69.6 Å². The Morgan fingerprint density at radius 2 is 1.85 bits per heavy atom. The largest absolute Gasteiger partial charge is 0.489 e. The molecule has 6 unspecified atom stereocenters. The lowest BCUT2D eigenvalue weighted by Crippen LogP contribution is -2.54. The van der Waals surface area contributed by atoms with Crippen molar-refractivity contribution in [2.75, 3.05) is 53.2 Å². The molecular formula is C51H66N2O13. The number of fused-ring (bicyclic) bond motifs is 3. The summed E-state index contributed by atoms with van der Waals surface area (Å²) >= 11 is 0. The number of carbonyl (C=O) groups is 3. The lowest BCUT2D eigenvalue weighted by Gasteiger charge is -2.44. The number of likely N-dealkylation sites (tertiary alicyclic amines) is 1. The molecule has 2 saturated carbocycles. The molecule has 0 amide bonds. The molecule has 15 nitrogen and oxygen atoms in total. The van der Waals surface area contributed by atoms with Crippen molar-refractivity contribution in [2.24, 2.45) is 11.8 Å². The number of Topliss-reactive ketones (excluding diaryl/α,β-unsaturated/α-hetero) is 1. The second kappa shape index (κ2) is 21.1. The number of aromatic amines is 1. The van der Waals surface area contributed by atoms with Crippen LogP contribution < -0.4 is 14.2 Å². The van der Waals surface area contributed by atoms with Crippen LogP contribution in [0.2, 0.25) is 0 Å². The van der Waals surface area contributed by atoms with Gasteiger partial charge in [-0.3, -0.25) is 9.59 Å². The van der Waals surface area contributed by atoms with Gasteiger partial charge in [-0.15, -0.1) is 0 Å². The average Bonchev–Trinajstić information content (AvgIpc) is 4.00. The number of ether oxygens (including phenoxy) is 5. The summed E-state index contributed by atoms with van der Waals surface area (Å²) < 4.78 is 31.3. The van der Waals surface area contributed by atoms with Gasteiger partial charge in [0.05, 0.1) is 42.6 Å². The van der Waals surface area contributed by atoms with Crippen LogP contribution in [0.25, 0.3) is 16.5 Å². The fourth-order valence-corrected chi connectivity index (χ4v) is 11.3. The quantitative estimate of drug-likeness (QED) is 0.0549. The molecule has 5 aliphatic rings. The van der Waals surface area contributed by atoms with Crippen LogP contribution in [0.15, 0.2) is 47.4 Å². The van der Waals surface area contributed by atoms with Crippen molar-refractivity contribution in [1.82, 2.24) is 9.88 Å². The highest BCUT2D eigenvalue weighted by atomic mass is 16.6. The first-order valence-electron chi connectivity index (χ1n) is 23.9. The topological polar surface area (TPSA) is 218 Å². The maximum atomic E-state index is 14.2. The van der Waals surface area contributed by atoms with Gasteiger partial charge in [0.1, 0.15) is 40.8 Å². The van der Waals surface area contributed by atoms with E-state index in [1.807, 2.05) is 30.5 Å². The number of piperidine rings is 1. The van der Waals surface area contributed by atoms with Crippen molar-refractivity contribution in [2.45, 2.75) is 127 Å². The summed E-state index contributed by atoms with van der Waals surface area (Å²) in [7, 11) is 1.69. The number of aromatic nitrogens is 1. The summed E-state index contributed by atoms with van der Waals surface area (Å²) in [5.41, 5.74) is 2.07. The van der Waals surface area contributed by atoms with E-state index in [4.69, 9.17) is 23.7 Å². The number of unbranched alkanes of at least 4 members (excludes halogenated alkanes) is 1. The van der Waals surface area contributed by atoms with Gasteiger partial charge in [0.2, 0.25) is 5.76 Å². The lowest BCUT2D eigenvalue weighted by molar-refractivity contribution is -0.141. The number of aliphatic hydroxyl groups is 5. The number of nitrogens with zero attached hydrogens (tertiary/aromatic N) is 1. The molecule has 6 atom stereocenters. The predicted molar refractivity (Wildman–Crippen MR) is 244 cm³/mol. The number of rotatable bonds is 18. The molecule has 3 aliphatic heterocycles. The van der Waals surface area contributed by atoms with Crippen LogP contribution in [0.5, 0.6) is 17.2 Å². The Bertz CT molecular complexity index is 2310. The van der Waals surface area contributed by atoms with Crippen molar-refractivity contribution in [3.8, 4) is 17.2 Å². The van der Waals surface area contributed by atoms with Gasteiger partial charge >= 0.3 is 5.97 Å². The van der Waals surface area contributed by atoms with Crippen LogP contribution in [-0.2, 0) is 36.9 Å². The van der Waals surface area contributed by atoms with Gasteiger partial charge < -0.3 is 59.1 Å². The van der Waals surface area contributed by atoms with Crippen molar-refractivity contribution >= 4 is 34.5 Å². The van der Waals surface area contributed by atoms with Gasteiger partial charge in [-0.2, -0.15) is 0 Å². The minimum Gasteiger partial charge on any atom is -0.489 e. The molecule has 1 aromatic heterocycles. The number of H-pyrrole nitrogens is 1. The first-order valence-corrected chi connectivity index (χ1v) is 23.9. The number of benzene rings is 2. The molecule has 3 fully saturated rings.